The molecule has 3 heterocycles. The van der Waals surface area contributed by atoms with E-state index in [0.717, 1.165) is 35.0 Å². The fraction of sp³-hybridized carbons (Fsp3) is 0.395. The number of carbonyl (C=O) groups is 5. The third-order valence-electron chi connectivity index (χ3n) is 8.39. The number of para-hydroxylation sites is 1. The summed E-state index contributed by atoms with van der Waals surface area (Å²) in [6, 6.07) is 13.6. The lowest BCUT2D eigenvalue weighted by Gasteiger charge is -2.23. The van der Waals surface area contributed by atoms with Crippen LogP contribution in [-0.4, -0.2) is 115 Å². The molecule has 0 radical (unpaired) electrons. The maximum atomic E-state index is 13.6. The molecule has 1 fully saturated rings. The van der Waals surface area contributed by atoms with Gasteiger partial charge in [0, 0.05) is 61.3 Å². The minimum absolute atomic E-state index is 0.0710. The van der Waals surface area contributed by atoms with E-state index in [0.29, 0.717) is 5.69 Å². The van der Waals surface area contributed by atoms with E-state index in [4.69, 9.17) is 20.9 Å². The van der Waals surface area contributed by atoms with Crippen LogP contribution in [0.2, 0.25) is 0 Å². The number of fused-ring (bicyclic) bond motifs is 1. The van der Waals surface area contributed by atoms with Crippen LogP contribution in [0.15, 0.2) is 78.3 Å². The van der Waals surface area contributed by atoms with Crippen LogP contribution >= 0.6 is 0 Å². The molecule has 0 saturated carbocycles. The molecule has 4 aromatic rings. The molecule has 1 aliphatic heterocycles. The Labute approximate surface area is 324 Å². The van der Waals surface area contributed by atoms with Crippen molar-refractivity contribution < 1.29 is 33.4 Å². The Morgan fingerprint density at radius 1 is 0.768 bits per heavy atom. The van der Waals surface area contributed by atoms with Gasteiger partial charge in [0.25, 0.3) is 0 Å². The SMILES string of the molecule is CCCN=C(N)N.O=C1CNC(=O)C(Cc2ccccc2)NC(=O)[C@H](Cc2cnc[nH]2)NC(=O)COCCOCCNC(=O)[C@H](Cc2c[nH]c3ccccc23)N1. The molecule has 56 heavy (non-hydrogen) atoms. The zero-order valence-corrected chi connectivity index (χ0v) is 31.3. The first-order valence-electron chi connectivity index (χ1n) is 18.3. The van der Waals surface area contributed by atoms with Gasteiger partial charge in [-0.15, -0.1) is 0 Å². The fourth-order valence-corrected chi connectivity index (χ4v) is 5.65. The summed E-state index contributed by atoms with van der Waals surface area (Å²) in [5.74, 6) is -2.62. The lowest BCUT2D eigenvalue weighted by atomic mass is 10.0. The van der Waals surface area contributed by atoms with Crippen molar-refractivity contribution in [1.82, 2.24) is 41.5 Å². The highest BCUT2D eigenvalue weighted by Crippen LogP contribution is 2.19. The summed E-state index contributed by atoms with van der Waals surface area (Å²) in [6.45, 7) is 2.56. The number of aromatic amines is 2. The first-order valence-corrected chi connectivity index (χ1v) is 18.3. The molecule has 1 unspecified atom stereocenters. The van der Waals surface area contributed by atoms with E-state index in [1.165, 1.54) is 12.5 Å². The lowest BCUT2D eigenvalue weighted by molar-refractivity contribution is -0.134. The Kier molecular flexibility index (Phi) is 17.3. The molecule has 1 aliphatic rings. The third-order valence-corrected chi connectivity index (χ3v) is 8.39. The molecular weight excluding hydrogens is 722 g/mol. The number of hydrogen-bond acceptors (Lipinski definition) is 9. The Hall–Kier alpha value is -6.27. The minimum Gasteiger partial charge on any atom is -0.377 e. The summed E-state index contributed by atoms with van der Waals surface area (Å²) in [5, 5.41) is 14.5. The number of hydrogen-bond donors (Lipinski definition) is 9. The second-order valence-electron chi connectivity index (χ2n) is 12.8. The highest BCUT2D eigenvalue weighted by Gasteiger charge is 2.29. The van der Waals surface area contributed by atoms with Crippen molar-refractivity contribution in [3.63, 3.8) is 0 Å². The summed E-state index contributed by atoms with van der Waals surface area (Å²) in [6.07, 6.45) is 6.15. The molecule has 2 aromatic heterocycles. The van der Waals surface area contributed by atoms with Crippen molar-refractivity contribution in [3.05, 3.63) is 90.1 Å². The standard InChI is InChI=1S/C34H40N8O7.C4H11N3/c43-30-19-38-33(46)27(14-22-6-2-1-3-7-22)42-34(47)29(16-24-18-35-21-39-24)41-31(44)20-49-13-12-48-11-10-36-32(45)28(40-30)15-23-17-37-26-9-5-4-8-25(23)26;1-2-3-7-4(5)6/h1-9,17-18,21,27-29,37H,10-16,19-20H2,(H,35,39)(H,36,45)(H,38,46)(H,40,43)(H,41,44)(H,42,47);2-3H2,1H3,(H4,5,6,7)/t27?,28-,29-;/m0./s1. The minimum atomic E-state index is -1.10. The number of aliphatic imine (C=N–C) groups is 1. The van der Waals surface area contributed by atoms with Crippen LogP contribution in [0.1, 0.15) is 30.2 Å². The number of imidazole rings is 1. The molecule has 1 saturated heterocycles. The average Bonchev–Trinajstić information content (AvgIpc) is 3.86. The van der Waals surface area contributed by atoms with E-state index >= 15 is 0 Å². The molecule has 11 N–H and O–H groups in total. The predicted molar refractivity (Wildman–Crippen MR) is 209 cm³/mol. The number of amides is 5. The summed E-state index contributed by atoms with van der Waals surface area (Å²) < 4.78 is 11.0. The van der Waals surface area contributed by atoms with Crippen molar-refractivity contribution in [3.8, 4) is 0 Å². The molecule has 0 bridgehead atoms. The van der Waals surface area contributed by atoms with Crippen LogP contribution in [0.4, 0.5) is 0 Å². The van der Waals surface area contributed by atoms with Gasteiger partial charge in [0.1, 0.15) is 24.7 Å². The highest BCUT2D eigenvalue weighted by molar-refractivity contribution is 5.95. The fourth-order valence-electron chi connectivity index (χ4n) is 5.65. The van der Waals surface area contributed by atoms with Crippen LogP contribution < -0.4 is 38.1 Å². The number of nitrogens with one attached hydrogen (secondary N) is 7. The molecule has 2 aromatic carbocycles. The Morgan fingerprint density at radius 2 is 1.46 bits per heavy atom. The number of benzene rings is 2. The van der Waals surface area contributed by atoms with Crippen LogP contribution in [0.5, 0.6) is 0 Å². The van der Waals surface area contributed by atoms with Gasteiger partial charge in [0.2, 0.25) is 29.5 Å². The lowest BCUT2D eigenvalue weighted by Crippen LogP contribution is -2.56. The highest BCUT2D eigenvalue weighted by atomic mass is 16.5. The normalized spacial score (nSPS) is 19.4. The number of rotatable bonds is 8. The van der Waals surface area contributed by atoms with Crippen LogP contribution in [0, 0.1) is 0 Å². The number of ether oxygens (including phenoxy) is 2. The van der Waals surface area contributed by atoms with E-state index in [-0.39, 0.29) is 58.2 Å². The van der Waals surface area contributed by atoms with Crippen LogP contribution in [-0.2, 0) is 52.7 Å². The second-order valence-corrected chi connectivity index (χ2v) is 12.8. The quantitative estimate of drug-likeness (QED) is 0.0804. The summed E-state index contributed by atoms with van der Waals surface area (Å²) >= 11 is 0. The van der Waals surface area contributed by atoms with Gasteiger partial charge in [0.05, 0.1) is 32.7 Å². The molecule has 3 atom stereocenters. The average molecular weight is 774 g/mol. The molecule has 18 heteroatoms. The number of H-pyrrole nitrogens is 2. The largest absolute Gasteiger partial charge is 0.377 e. The zero-order chi connectivity index (χ0) is 40.1. The van der Waals surface area contributed by atoms with Crippen molar-refractivity contribution in [1.29, 1.82) is 0 Å². The topological polar surface area (TPSA) is 273 Å². The van der Waals surface area contributed by atoms with Crippen molar-refractivity contribution in [2.45, 2.75) is 50.7 Å². The van der Waals surface area contributed by atoms with Gasteiger partial charge in [-0.05, 0) is 23.6 Å². The summed E-state index contributed by atoms with van der Waals surface area (Å²) in [5.41, 5.74) is 13.1. The Morgan fingerprint density at radius 3 is 2.20 bits per heavy atom. The number of nitrogens with two attached hydrogens (primary N) is 2. The van der Waals surface area contributed by atoms with Gasteiger partial charge in [-0.1, -0.05) is 55.5 Å². The van der Waals surface area contributed by atoms with Crippen LogP contribution in [0.25, 0.3) is 10.9 Å². The molecular formula is C38H51N11O7. The third kappa shape index (κ3) is 14.5. The Balaban J connectivity index is 0.000000908. The molecule has 5 amide bonds. The van der Waals surface area contributed by atoms with Gasteiger partial charge in [-0.25, -0.2) is 4.98 Å². The van der Waals surface area contributed by atoms with Gasteiger partial charge in [0.15, 0.2) is 5.96 Å². The smallest absolute Gasteiger partial charge is 0.246 e. The van der Waals surface area contributed by atoms with Gasteiger partial charge in [-0.2, -0.15) is 0 Å². The number of nitrogens with zero attached hydrogens (tertiary/aromatic N) is 2. The van der Waals surface area contributed by atoms with E-state index in [9.17, 15) is 24.0 Å². The molecule has 300 valence electrons. The van der Waals surface area contributed by atoms with Crippen molar-refractivity contribution >= 4 is 46.4 Å². The molecule has 0 spiro atoms. The summed E-state index contributed by atoms with van der Waals surface area (Å²) in [4.78, 5) is 80.2. The van der Waals surface area contributed by atoms with Crippen LogP contribution in [0.3, 0.4) is 0 Å². The molecule has 0 aliphatic carbocycles. The van der Waals surface area contributed by atoms with Gasteiger partial charge in [-0.3, -0.25) is 29.0 Å². The van der Waals surface area contributed by atoms with E-state index < -0.39 is 54.2 Å². The number of aromatic nitrogens is 3. The van der Waals surface area contributed by atoms with E-state index in [2.05, 4.69) is 46.5 Å². The zero-order valence-electron chi connectivity index (χ0n) is 31.3. The van der Waals surface area contributed by atoms with Gasteiger partial charge >= 0.3 is 0 Å². The van der Waals surface area contributed by atoms with Crippen molar-refractivity contribution in [2.75, 3.05) is 46.1 Å². The first-order chi connectivity index (χ1) is 27.1. The van der Waals surface area contributed by atoms with Crippen molar-refractivity contribution in [2.24, 2.45) is 16.5 Å². The number of carbonyl (C=O) groups excluding carboxylic acids is 5. The maximum absolute atomic E-state index is 13.6. The predicted octanol–water partition coefficient (Wildman–Crippen LogP) is -0.678. The summed E-state index contributed by atoms with van der Waals surface area (Å²) in [7, 11) is 0. The monoisotopic (exact) mass is 773 g/mol. The van der Waals surface area contributed by atoms with E-state index in [1.54, 1.807) is 6.20 Å². The Bertz CT molecular complexity index is 1880. The second kappa shape index (κ2) is 22.8. The van der Waals surface area contributed by atoms with Gasteiger partial charge < -0.3 is 57.5 Å². The molecule has 5 rings (SSSR count). The molecule has 18 nitrogen and oxygen atoms in total. The van der Waals surface area contributed by atoms with E-state index in [1.807, 2.05) is 61.5 Å². The number of guanidine groups is 1. The first kappa shape index (κ1) is 42.5. The maximum Gasteiger partial charge on any atom is 0.246 e.